The summed E-state index contributed by atoms with van der Waals surface area (Å²) in [5.41, 5.74) is 1.77. The highest BCUT2D eigenvalue weighted by Gasteiger charge is 2.31. The highest BCUT2D eigenvalue weighted by atomic mass is 79.9. The van der Waals surface area contributed by atoms with Gasteiger partial charge in [0, 0.05) is 18.5 Å². The van der Waals surface area contributed by atoms with Crippen LogP contribution in [0.5, 0.6) is 0 Å². The Labute approximate surface area is 118 Å². The van der Waals surface area contributed by atoms with E-state index in [1.54, 1.807) is 0 Å². The second kappa shape index (κ2) is 5.72. The van der Waals surface area contributed by atoms with E-state index in [2.05, 4.69) is 28.0 Å². The van der Waals surface area contributed by atoms with E-state index < -0.39 is 6.10 Å². The molecule has 0 saturated heterocycles. The number of halogens is 1. The minimum Gasteiger partial charge on any atom is -0.391 e. The van der Waals surface area contributed by atoms with Crippen molar-refractivity contribution in [1.29, 1.82) is 0 Å². The lowest BCUT2D eigenvalue weighted by atomic mass is 9.92. The molecular formula is C13H24BrN3O. The zero-order chi connectivity index (χ0) is 14.1. The van der Waals surface area contributed by atoms with Crippen LogP contribution in [0.3, 0.4) is 0 Å². The molecule has 4 nitrogen and oxygen atoms in total. The molecule has 1 N–H and O–H groups in total. The Bertz CT molecular complexity index is 413. The van der Waals surface area contributed by atoms with Gasteiger partial charge in [-0.15, -0.1) is 0 Å². The lowest BCUT2D eigenvalue weighted by Crippen LogP contribution is -2.49. The molecule has 0 fully saturated rings. The molecule has 1 heterocycles. The van der Waals surface area contributed by atoms with Crippen molar-refractivity contribution in [3.63, 3.8) is 0 Å². The van der Waals surface area contributed by atoms with Crippen LogP contribution < -0.4 is 0 Å². The molecule has 0 aromatic carbocycles. The first-order chi connectivity index (χ1) is 8.21. The Morgan fingerprint density at radius 3 is 2.44 bits per heavy atom. The Hall–Kier alpha value is -0.390. The number of aliphatic hydroxyl groups excluding tert-OH is 1. The SMILES string of the molecule is CCn1nc(C)c(Br)c1CC(O)C(C)(C)N(C)C. The number of nitrogens with zero attached hydrogens (tertiary/aromatic N) is 3. The lowest BCUT2D eigenvalue weighted by molar-refractivity contribution is 0.0169. The topological polar surface area (TPSA) is 41.3 Å². The van der Waals surface area contributed by atoms with E-state index in [0.717, 1.165) is 22.4 Å². The summed E-state index contributed by atoms with van der Waals surface area (Å²) in [7, 11) is 3.97. The standard InChI is InChI=1S/C13H24BrN3O/c1-7-17-10(12(14)9(2)15-17)8-11(18)13(3,4)16(5)6/h11,18H,7-8H2,1-6H3. The van der Waals surface area contributed by atoms with Gasteiger partial charge in [-0.05, 0) is 57.7 Å². The molecule has 0 amide bonds. The first kappa shape index (κ1) is 15.7. The molecule has 1 rings (SSSR count). The quantitative estimate of drug-likeness (QED) is 0.905. The molecule has 0 aliphatic carbocycles. The van der Waals surface area contributed by atoms with Gasteiger partial charge >= 0.3 is 0 Å². The summed E-state index contributed by atoms with van der Waals surface area (Å²) in [6, 6.07) is 0. The molecule has 0 aliphatic rings. The summed E-state index contributed by atoms with van der Waals surface area (Å²) >= 11 is 3.57. The van der Waals surface area contributed by atoms with Crippen molar-refractivity contribution < 1.29 is 5.11 Å². The van der Waals surface area contributed by atoms with Gasteiger partial charge in [0.25, 0.3) is 0 Å². The van der Waals surface area contributed by atoms with Gasteiger partial charge in [0.15, 0.2) is 0 Å². The van der Waals surface area contributed by atoms with E-state index in [1.165, 1.54) is 0 Å². The number of aliphatic hydroxyl groups is 1. The predicted molar refractivity (Wildman–Crippen MR) is 77.8 cm³/mol. The summed E-state index contributed by atoms with van der Waals surface area (Å²) in [6.45, 7) is 8.95. The zero-order valence-corrected chi connectivity index (χ0v) is 13.7. The van der Waals surface area contributed by atoms with Gasteiger partial charge < -0.3 is 10.0 Å². The predicted octanol–water partition coefficient (Wildman–Crippen LogP) is 2.22. The number of rotatable bonds is 5. The van der Waals surface area contributed by atoms with Crippen molar-refractivity contribution in [2.24, 2.45) is 0 Å². The zero-order valence-electron chi connectivity index (χ0n) is 12.2. The third-order valence-corrected chi connectivity index (χ3v) is 4.84. The molecule has 0 spiro atoms. The molecule has 1 aromatic heterocycles. The monoisotopic (exact) mass is 317 g/mol. The Kier molecular flexibility index (Phi) is 4.98. The average Bonchev–Trinajstić information content (AvgIpc) is 2.56. The molecule has 1 atom stereocenters. The summed E-state index contributed by atoms with van der Waals surface area (Å²) in [4.78, 5) is 2.05. The van der Waals surface area contributed by atoms with Gasteiger partial charge in [0.05, 0.1) is 22.0 Å². The molecule has 1 unspecified atom stereocenters. The molecule has 5 heteroatoms. The van der Waals surface area contributed by atoms with Gasteiger partial charge in [-0.1, -0.05) is 0 Å². The largest absolute Gasteiger partial charge is 0.391 e. The molecule has 1 aromatic rings. The van der Waals surface area contributed by atoms with Crippen molar-refractivity contribution >= 4 is 15.9 Å². The summed E-state index contributed by atoms with van der Waals surface area (Å²) in [5, 5.41) is 14.9. The molecule has 0 radical (unpaired) electrons. The molecule has 104 valence electrons. The van der Waals surface area contributed by atoms with Crippen LogP contribution >= 0.6 is 15.9 Å². The fourth-order valence-electron chi connectivity index (χ4n) is 1.79. The summed E-state index contributed by atoms with van der Waals surface area (Å²) < 4.78 is 2.96. The molecular weight excluding hydrogens is 294 g/mol. The van der Waals surface area contributed by atoms with E-state index in [9.17, 15) is 5.11 Å². The summed E-state index contributed by atoms with van der Waals surface area (Å²) in [6.07, 6.45) is 0.158. The van der Waals surface area contributed by atoms with Crippen molar-refractivity contribution in [3.8, 4) is 0 Å². The number of aromatic nitrogens is 2. The molecule has 18 heavy (non-hydrogen) atoms. The van der Waals surface area contributed by atoms with Crippen LogP contribution in [0.2, 0.25) is 0 Å². The van der Waals surface area contributed by atoms with Crippen molar-refractivity contribution in [3.05, 3.63) is 15.9 Å². The normalized spacial score (nSPS) is 14.3. The number of aryl methyl sites for hydroxylation is 2. The second-order valence-corrected chi connectivity index (χ2v) is 6.22. The number of hydrogen-bond donors (Lipinski definition) is 1. The van der Waals surface area contributed by atoms with Crippen molar-refractivity contribution in [2.45, 2.75) is 52.3 Å². The number of hydrogen-bond acceptors (Lipinski definition) is 3. The van der Waals surface area contributed by atoms with Crippen LogP contribution in [-0.2, 0) is 13.0 Å². The molecule has 0 bridgehead atoms. The maximum atomic E-state index is 10.5. The van der Waals surface area contributed by atoms with E-state index >= 15 is 0 Å². The smallest absolute Gasteiger partial charge is 0.0773 e. The van der Waals surface area contributed by atoms with Crippen LogP contribution in [0, 0.1) is 6.92 Å². The van der Waals surface area contributed by atoms with E-state index in [0.29, 0.717) is 6.42 Å². The number of likely N-dealkylation sites (N-methyl/N-ethyl adjacent to an activating group) is 1. The summed E-state index contributed by atoms with van der Waals surface area (Å²) in [5.74, 6) is 0. The Morgan fingerprint density at radius 2 is 2.00 bits per heavy atom. The van der Waals surface area contributed by atoms with Gasteiger partial charge in [-0.25, -0.2) is 0 Å². The van der Waals surface area contributed by atoms with E-state index in [-0.39, 0.29) is 5.54 Å². The first-order valence-corrected chi connectivity index (χ1v) is 7.08. The minimum atomic E-state index is -0.440. The average molecular weight is 318 g/mol. The molecule has 0 aliphatic heterocycles. The van der Waals surface area contributed by atoms with Gasteiger partial charge in [-0.3, -0.25) is 4.68 Å². The van der Waals surface area contributed by atoms with Crippen molar-refractivity contribution in [1.82, 2.24) is 14.7 Å². The third-order valence-electron chi connectivity index (χ3n) is 3.81. The fourth-order valence-corrected chi connectivity index (χ4v) is 2.24. The molecule has 0 saturated carbocycles. The Morgan fingerprint density at radius 1 is 1.44 bits per heavy atom. The third kappa shape index (κ3) is 2.95. The maximum absolute atomic E-state index is 10.5. The minimum absolute atomic E-state index is 0.268. The van der Waals surface area contributed by atoms with Crippen LogP contribution in [0.25, 0.3) is 0 Å². The highest BCUT2D eigenvalue weighted by molar-refractivity contribution is 9.10. The lowest BCUT2D eigenvalue weighted by Gasteiger charge is -2.37. The van der Waals surface area contributed by atoms with E-state index in [1.807, 2.05) is 44.4 Å². The highest BCUT2D eigenvalue weighted by Crippen LogP contribution is 2.26. The maximum Gasteiger partial charge on any atom is 0.0773 e. The van der Waals surface area contributed by atoms with Crippen LogP contribution in [-0.4, -0.2) is 45.5 Å². The second-order valence-electron chi connectivity index (χ2n) is 5.43. The Balaban J connectivity index is 2.98. The van der Waals surface area contributed by atoms with Crippen LogP contribution in [0.4, 0.5) is 0 Å². The van der Waals surface area contributed by atoms with Crippen molar-refractivity contribution in [2.75, 3.05) is 14.1 Å². The fraction of sp³-hybridized carbons (Fsp3) is 0.769. The van der Waals surface area contributed by atoms with E-state index in [4.69, 9.17) is 0 Å². The van der Waals surface area contributed by atoms with Gasteiger partial charge in [0.2, 0.25) is 0 Å². The van der Waals surface area contributed by atoms with Gasteiger partial charge in [0.1, 0.15) is 0 Å². The first-order valence-electron chi connectivity index (χ1n) is 6.29. The van der Waals surface area contributed by atoms with Crippen LogP contribution in [0.1, 0.15) is 32.2 Å². The van der Waals surface area contributed by atoms with Crippen LogP contribution in [0.15, 0.2) is 4.47 Å². The van der Waals surface area contributed by atoms with Gasteiger partial charge in [-0.2, -0.15) is 5.10 Å².